The molecule has 1 saturated carbocycles. The van der Waals surface area contributed by atoms with Crippen molar-refractivity contribution in [2.75, 3.05) is 5.75 Å². The highest BCUT2D eigenvalue weighted by atomic mass is 35.5. The van der Waals surface area contributed by atoms with Gasteiger partial charge in [0.25, 0.3) is 0 Å². The van der Waals surface area contributed by atoms with Gasteiger partial charge in [-0.3, -0.25) is 4.79 Å². The van der Waals surface area contributed by atoms with Crippen LogP contribution in [0.5, 0.6) is 0 Å². The molecule has 0 aromatic heterocycles. The van der Waals surface area contributed by atoms with Crippen molar-refractivity contribution in [1.29, 1.82) is 0 Å². The number of carbonyl (C=O) groups is 1. The van der Waals surface area contributed by atoms with E-state index in [2.05, 4.69) is 19.2 Å². The highest BCUT2D eigenvalue weighted by Crippen LogP contribution is 2.29. The second kappa shape index (κ2) is 8.21. The zero-order valence-corrected chi connectivity index (χ0v) is 14.6. The molecule has 1 amide bonds. The fraction of sp³-hybridized carbons (Fsp3) is 0.588. The average molecular weight is 344 g/mol. The summed E-state index contributed by atoms with van der Waals surface area (Å²) in [5, 5.41) is 3.58. The summed E-state index contributed by atoms with van der Waals surface area (Å²) in [6, 6.07) is 4.68. The molecular formula is C17H23ClFNOS. The van der Waals surface area contributed by atoms with E-state index in [9.17, 15) is 9.18 Å². The summed E-state index contributed by atoms with van der Waals surface area (Å²) in [6.07, 6.45) is 3.52. The highest BCUT2D eigenvalue weighted by Gasteiger charge is 2.27. The van der Waals surface area contributed by atoms with Crippen molar-refractivity contribution < 1.29 is 9.18 Å². The molecule has 0 spiro atoms. The molecule has 0 bridgehead atoms. The molecule has 1 aromatic carbocycles. The van der Waals surface area contributed by atoms with Crippen molar-refractivity contribution in [3.63, 3.8) is 0 Å². The van der Waals surface area contributed by atoms with E-state index in [4.69, 9.17) is 11.6 Å². The van der Waals surface area contributed by atoms with E-state index in [0.717, 1.165) is 12.0 Å². The minimum atomic E-state index is -0.336. The molecule has 1 aliphatic carbocycles. The molecule has 22 heavy (non-hydrogen) atoms. The van der Waals surface area contributed by atoms with Crippen LogP contribution in [0.3, 0.4) is 0 Å². The van der Waals surface area contributed by atoms with Gasteiger partial charge in [-0.15, -0.1) is 11.8 Å². The van der Waals surface area contributed by atoms with Gasteiger partial charge >= 0.3 is 0 Å². The van der Waals surface area contributed by atoms with Crippen LogP contribution in [0.2, 0.25) is 5.02 Å². The SMILES string of the molecule is C[C@H]1[C@H](C)CCC[C@H]1NC(=O)CSCc1ccc(F)cc1Cl. The third-order valence-corrected chi connectivity index (χ3v) is 5.89. The van der Waals surface area contributed by atoms with Gasteiger partial charge in [-0.2, -0.15) is 0 Å². The Kier molecular flexibility index (Phi) is 6.57. The van der Waals surface area contributed by atoms with Crippen LogP contribution in [0.15, 0.2) is 18.2 Å². The number of nitrogens with one attached hydrogen (secondary N) is 1. The van der Waals surface area contributed by atoms with Crippen LogP contribution in [0, 0.1) is 17.7 Å². The molecule has 1 fully saturated rings. The lowest BCUT2D eigenvalue weighted by Crippen LogP contribution is -2.44. The fourth-order valence-corrected chi connectivity index (χ4v) is 4.08. The van der Waals surface area contributed by atoms with E-state index in [1.54, 1.807) is 6.07 Å². The van der Waals surface area contributed by atoms with E-state index in [1.807, 2.05) is 0 Å². The summed E-state index contributed by atoms with van der Waals surface area (Å²) in [7, 11) is 0. The Morgan fingerprint density at radius 1 is 1.41 bits per heavy atom. The van der Waals surface area contributed by atoms with Gasteiger partial charge in [-0.1, -0.05) is 44.4 Å². The molecule has 1 aliphatic rings. The minimum absolute atomic E-state index is 0.0779. The third-order valence-electron chi connectivity index (χ3n) is 4.56. The van der Waals surface area contributed by atoms with Crippen LogP contribution in [-0.4, -0.2) is 17.7 Å². The maximum atomic E-state index is 13.0. The fourth-order valence-electron chi connectivity index (χ4n) is 2.93. The van der Waals surface area contributed by atoms with E-state index in [0.29, 0.717) is 34.4 Å². The molecule has 1 N–H and O–H groups in total. The lowest BCUT2D eigenvalue weighted by Gasteiger charge is -2.34. The Bertz CT molecular complexity index is 525. The molecule has 2 nitrogen and oxygen atoms in total. The molecule has 0 unspecified atom stereocenters. The van der Waals surface area contributed by atoms with Crippen LogP contribution >= 0.6 is 23.4 Å². The summed E-state index contributed by atoms with van der Waals surface area (Å²) >= 11 is 7.49. The van der Waals surface area contributed by atoms with Crippen molar-refractivity contribution in [1.82, 2.24) is 5.32 Å². The Hall–Kier alpha value is -0.740. The molecule has 0 heterocycles. The van der Waals surface area contributed by atoms with Crippen molar-refractivity contribution >= 4 is 29.3 Å². The first kappa shape index (κ1) is 17.6. The Labute approximate surface area is 141 Å². The van der Waals surface area contributed by atoms with E-state index in [-0.39, 0.29) is 11.7 Å². The molecular weight excluding hydrogens is 321 g/mol. The summed E-state index contributed by atoms with van der Waals surface area (Å²) in [5.74, 6) is 1.97. The number of halogens is 2. The second-order valence-corrected chi connectivity index (χ2v) is 7.56. The first-order valence-electron chi connectivity index (χ1n) is 7.78. The number of hydrogen-bond acceptors (Lipinski definition) is 2. The van der Waals surface area contributed by atoms with Gasteiger partial charge < -0.3 is 5.32 Å². The Morgan fingerprint density at radius 2 is 2.18 bits per heavy atom. The molecule has 1 aromatic rings. The molecule has 122 valence electrons. The van der Waals surface area contributed by atoms with Crippen LogP contribution in [0.25, 0.3) is 0 Å². The van der Waals surface area contributed by atoms with Gasteiger partial charge in [0.15, 0.2) is 0 Å². The summed E-state index contributed by atoms with van der Waals surface area (Å²) < 4.78 is 13.0. The quantitative estimate of drug-likeness (QED) is 0.842. The Morgan fingerprint density at radius 3 is 2.91 bits per heavy atom. The standard InChI is InChI=1S/C17H23ClFNOS/c1-11-4-3-5-16(12(11)2)20-17(21)10-22-9-13-6-7-14(19)8-15(13)18/h6-8,11-12,16H,3-5,9-10H2,1-2H3,(H,20,21)/t11-,12+,16-/m1/s1. The van der Waals surface area contributed by atoms with Gasteiger partial charge in [0.1, 0.15) is 5.82 Å². The molecule has 0 saturated heterocycles. The van der Waals surface area contributed by atoms with Crippen molar-refractivity contribution in [2.24, 2.45) is 11.8 Å². The van der Waals surface area contributed by atoms with Crippen LogP contribution in [0.4, 0.5) is 4.39 Å². The molecule has 5 heteroatoms. The van der Waals surface area contributed by atoms with E-state index >= 15 is 0 Å². The predicted molar refractivity (Wildman–Crippen MR) is 91.7 cm³/mol. The van der Waals surface area contributed by atoms with Crippen LogP contribution in [0.1, 0.15) is 38.7 Å². The minimum Gasteiger partial charge on any atom is -0.352 e. The maximum absolute atomic E-state index is 13.0. The number of rotatable bonds is 5. The maximum Gasteiger partial charge on any atom is 0.230 e. The average Bonchev–Trinajstić information content (AvgIpc) is 2.46. The number of hydrogen-bond donors (Lipinski definition) is 1. The van der Waals surface area contributed by atoms with Crippen molar-refractivity contribution in [3.8, 4) is 0 Å². The summed E-state index contributed by atoms with van der Waals surface area (Å²) in [6.45, 7) is 4.48. The third kappa shape index (κ3) is 4.88. The lowest BCUT2D eigenvalue weighted by atomic mass is 9.78. The Balaban J connectivity index is 1.76. The second-order valence-electron chi connectivity index (χ2n) is 6.17. The topological polar surface area (TPSA) is 29.1 Å². The zero-order chi connectivity index (χ0) is 16.1. The normalized spacial score (nSPS) is 25.0. The molecule has 2 rings (SSSR count). The summed E-state index contributed by atoms with van der Waals surface area (Å²) in [5.41, 5.74) is 0.862. The smallest absolute Gasteiger partial charge is 0.230 e. The lowest BCUT2D eigenvalue weighted by molar-refractivity contribution is -0.119. The molecule has 0 radical (unpaired) electrons. The van der Waals surface area contributed by atoms with Crippen LogP contribution < -0.4 is 5.32 Å². The zero-order valence-electron chi connectivity index (χ0n) is 13.1. The number of benzene rings is 1. The first-order valence-corrected chi connectivity index (χ1v) is 9.31. The van der Waals surface area contributed by atoms with Gasteiger partial charge in [-0.05, 0) is 36.0 Å². The number of carbonyl (C=O) groups excluding carboxylic acids is 1. The largest absolute Gasteiger partial charge is 0.352 e. The van der Waals surface area contributed by atoms with E-state index in [1.165, 1.54) is 36.7 Å². The number of amides is 1. The van der Waals surface area contributed by atoms with Gasteiger partial charge in [0, 0.05) is 16.8 Å². The van der Waals surface area contributed by atoms with Gasteiger partial charge in [-0.25, -0.2) is 4.39 Å². The van der Waals surface area contributed by atoms with Gasteiger partial charge in [0.05, 0.1) is 5.75 Å². The summed E-state index contributed by atoms with van der Waals surface area (Å²) in [4.78, 5) is 12.1. The van der Waals surface area contributed by atoms with E-state index < -0.39 is 0 Å². The monoisotopic (exact) mass is 343 g/mol. The number of thioether (sulfide) groups is 1. The highest BCUT2D eigenvalue weighted by molar-refractivity contribution is 7.99. The predicted octanol–water partition coefficient (Wildman–Crippen LogP) is 4.65. The van der Waals surface area contributed by atoms with Crippen LogP contribution in [-0.2, 0) is 10.5 Å². The molecule has 0 aliphatic heterocycles. The first-order chi connectivity index (χ1) is 10.5. The van der Waals surface area contributed by atoms with Crippen molar-refractivity contribution in [2.45, 2.75) is 44.9 Å². The van der Waals surface area contributed by atoms with Gasteiger partial charge in [0.2, 0.25) is 5.91 Å². The van der Waals surface area contributed by atoms with Crippen molar-refractivity contribution in [3.05, 3.63) is 34.6 Å². The molecule has 3 atom stereocenters.